The van der Waals surface area contributed by atoms with Gasteiger partial charge in [0.05, 0.1) is 10.5 Å². The van der Waals surface area contributed by atoms with Crippen LogP contribution in [0, 0.1) is 5.82 Å². The quantitative estimate of drug-likeness (QED) is 0.629. The number of sulfonamides is 1. The van der Waals surface area contributed by atoms with Crippen LogP contribution in [-0.2, 0) is 10.0 Å². The highest BCUT2D eigenvalue weighted by atomic mass is 32.2. The second kappa shape index (κ2) is 9.13. The molecule has 0 aliphatic carbocycles. The van der Waals surface area contributed by atoms with Crippen LogP contribution in [0.3, 0.4) is 0 Å². The standard InChI is InChI=1S/C18H20FN3O4S/c1-2-3-12-20-18(24)22-27(25,26)14-10-8-13(9-11-14)21-17(23)15-6-4-5-7-16(15)19/h4-11H,2-3,12H2,1H3,(H,21,23)(H2,20,22,24). The third-order valence-corrected chi connectivity index (χ3v) is 4.93. The number of benzene rings is 2. The molecule has 0 radical (unpaired) electrons. The molecule has 3 N–H and O–H groups in total. The molecule has 0 fully saturated rings. The van der Waals surface area contributed by atoms with Crippen LogP contribution in [-0.4, -0.2) is 26.9 Å². The molecule has 0 bridgehead atoms. The lowest BCUT2D eigenvalue weighted by Crippen LogP contribution is -2.39. The number of halogens is 1. The van der Waals surface area contributed by atoms with Crippen molar-refractivity contribution < 1.29 is 22.4 Å². The molecule has 27 heavy (non-hydrogen) atoms. The molecule has 0 heterocycles. The number of anilines is 1. The van der Waals surface area contributed by atoms with Gasteiger partial charge >= 0.3 is 6.03 Å². The van der Waals surface area contributed by atoms with E-state index in [1.165, 1.54) is 48.5 Å². The molecular weight excluding hydrogens is 373 g/mol. The topological polar surface area (TPSA) is 104 Å². The van der Waals surface area contributed by atoms with E-state index in [1.54, 1.807) is 0 Å². The fourth-order valence-corrected chi connectivity index (χ4v) is 3.09. The molecule has 0 saturated heterocycles. The summed E-state index contributed by atoms with van der Waals surface area (Å²) in [6.45, 7) is 2.32. The van der Waals surface area contributed by atoms with Gasteiger partial charge in [-0.3, -0.25) is 4.79 Å². The van der Waals surface area contributed by atoms with Gasteiger partial charge in [0.15, 0.2) is 0 Å². The number of carbonyl (C=O) groups is 2. The first kappa shape index (κ1) is 20.4. The number of unbranched alkanes of at least 4 members (excludes halogenated alkanes) is 1. The highest BCUT2D eigenvalue weighted by molar-refractivity contribution is 7.90. The van der Waals surface area contributed by atoms with E-state index in [9.17, 15) is 22.4 Å². The lowest BCUT2D eigenvalue weighted by atomic mass is 10.2. The van der Waals surface area contributed by atoms with Crippen molar-refractivity contribution in [3.8, 4) is 0 Å². The van der Waals surface area contributed by atoms with Gasteiger partial charge in [-0.1, -0.05) is 25.5 Å². The Kier molecular flexibility index (Phi) is 6.89. The van der Waals surface area contributed by atoms with Gasteiger partial charge in [0.2, 0.25) is 0 Å². The van der Waals surface area contributed by atoms with Crippen LogP contribution in [0.5, 0.6) is 0 Å². The molecule has 0 unspecified atom stereocenters. The van der Waals surface area contributed by atoms with E-state index >= 15 is 0 Å². The minimum atomic E-state index is -4.04. The normalized spacial score (nSPS) is 10.9. The van der Waals surface area contributed by atoms with E-state index in [-0.39, 0.29) is 16.1 Å². The predicted octanol–water partition coefficient (Wildman–Crippen LogP) is 2.87. The van der Waals surface area contributed by atoms with Gasteiger partial charge in [-0.2, -0.15) is 0 Å². The Hall–Kier alpha value is -2.94. The number of nitrogens with one attached hydrogen (secondary N) is 3. The molecule has 2 aromatic rings. The third kappa shape index (κ3) is 5.78. The van der Waals surface area contributed by atoms with Gasteiger partial charge < -0.3 is 10.6 Å². The predicted molar refractivity (Wildman–Crippen MR) is 99.4 cm³/mol. The molecule has 2 rings (SSSR count). The summed E-state index contributed by atoms with van der Waals surface area (Å²) in [6, 6.07) is 9.87. The highest BCUT2D eigenvalue weighted by Gasteiger charge is 2.17. The van der Waals surface area contributed by atoms with Gasteiger partial charge in [-0.15, -0.1) is 0 Å². The van der Waals surface area contributed by atoms with E-state index in [1.807, 2.05) is 11.6 Å². The molecule has 3 amide bonds. The second-order valence-corrected chi connectivity index (χ2v) is 7.36. The number of amides is 3. The van der Waals surface area contributed by atoms with Gasteiger partial charge in [0, 0.05) is 12.2 Å². The van der Waals surface area contributed by atoms with Crippen LogP contribution in [0.25, 0.3) is 0 Å². The summed E-state index contributed by atoms with van der Waals surface area (Å²) in [5, 5.41) is 4.93. The first-order chi connectivity index (χ1) is 12.8. The Morgan fingerprint density at radius 1 is 1.04 bits per heavy atom. The maximum Gasteiger partial charge on any atom is 0.328 e. The van der Waals surface area contributed by atoms with Gasteiger partial charge in [-0.05, 0) is 42.8 Å². The summed E-state index contributed by atoms with van der Waals surface area (Å²) in [7, 11) is -4.04. The molecule has 0 atom stereocenters. The van der Waals surface area contributed by atoms with Gasteiger partial charge in [0.25, 0.3) is 15.9 Å². The highest BCUT2D eigenvalue weighted by Crippen LogP contribution is 2.16. The van der Waals surface area contributed by atoms with Crippen molar-refractivity contribution in [2.24, 2.45) is 0 Å². The molecule has 7 nitrogen and oxygen atoms in total. The number of hydrogen-bond acceptors (Lipinski definition) is 4. The van der Waals surface area contributed by atoms with Gasteiger partial charge in [0.1, 0.15) is 5.82 Å². The van der Waals surface area contributed by atoms with E-state index in [0.717, 1.165) is 12.8 Å². The Morgan fingerprint density at radius 3 is 2.33 bits per heavy atom. The molecule has 144 valence electrons. The molecule has 0 aliphatic heterocycles. The maximum absolute atomic E-state index is 13.6. The zero-order chi connectivity index (χ0) is 19.9. The lowest BCUT2D eigenvalue weighted by Gasteiger charge is -2.10. The fraction of sp³-hybridized carbons (Fsp3) is 0.222. The Labute approximate surface area is 157 Å². The van der Waals surface area contributed by atoms with Crippen LogP contribution in [0.2, 0.25) is 0 Å². The van der Waals surface area contributed by atoms with Crippen molar-refractivity contribution in [3.63, 3.8) is 0 Å². The molecule has 0 saturated carbocycles. The number of carbonyl (C=O) groups excluding carboxylic acids is 2. The smallest absolute Gasteiger partial charge is 0.328 e. The Bertz CT molecular complexity index is 914. The zero-order valence-electron chi connectivity index (χ0n) is 14.7. The monoisotopic (exact) mass is 393 g/mol. The minimum Gasteiger partial charge on any atom is -0.337 e. The number of rotatable bonds is 7. The van der Waals surface area contributed by atoms with Crippen molar-refractivity contribution >= 4 is 27.6 Å². The van der Waals surface area contributed by atoms with Crippen molar-refractivity contribution in [2.45, 2.75) is 24.7 Å². The SMILES string of the molecule is CCCCNC(=O)NS(=O)(=O)c1ccc(NC(=O)c2ccccc2F)cc1. The third-order valence-electron chi connectivity index (χ3n) is 3.58. The van der Waals surface area contributed by atoms with Crippen molar-refractivity contribution in [1.29, 1.82) is 0 Å². The van der Waals surface area contributed by atoms with Crippen LogP contribution in [0.15, 0.2) is 53.4 Å². The van der Waals surface area contributed by atoms with E-state index in [0.29, 0.717) is 6.54 Å². The lowest BCUT2D eigenvalue weighted by molar-refractivity contribution is 0.102. The second-order valence-electron chi connectivity index (χ2n) is 5.67. The van der Waals surface area contributed by atoms with Crippen molar-refractivity contribution in [2.75, 3.05) is 11.9 Å². The maximum atomic E-state index is 13.6. The summed E-state index contributed by atoms with van der Waals surface area (Å²) < 4.78 is 39.9. The van der Waals surface area contributed by atoms with Crippen LogP contribution in [0.1, 0.15) is 30.1 Å². The van der Waals surface area contributed by atoms with Crippen molar-refractivity contribution in [3.05, 3.63) is 59.9 Å². The van der Waals surface area contributed by atoms with E-state index < -0.39 is 27.8 Å². The molecule has 0 aromatic heterocycles. The van der Waals surface area contributed by atoms with Crippen molar-refractivity contribution in [1.82, 2.24) is 10.0 Å². The Morgan fingerprint density at radius 2 is 1.70 bits per heavy atom. The van der Waals surface area contributed by atoms with Gasteiger partial charge in [-0.25, -0.2) is 22.3 Å². The average molecular weight is 393 g/mol. The summed E-state index contributed by atoms with van der Waals surface area (Å²) in [4.78, 5) is 23.5. The molecule has 2 aromatic carbocycles. The fourth-order valence-electron chi connectivity index (χ4n) is 2.16. The molecule has 9 heteroatoms. The van der Waals surface area contributed by atoms with E-state index in [4.69, 9.17) is 0 Å². The summed E-state index contributed by atoms with van der Waals surface area (Å²) >= 11 is 0. The molecular formula is C18H20FN3O4S. The first-order valence-electron chi connectivity index (χ1n) is 8.30. The molecule has 0 spiro atoms. The summed E-state index contributed by atoms with van der Waals surface area (Å²) in [5.41, 5.74) is 0.161. The Balaban J connectivity index is 2.02. The van der Waals surface area contributed by atoms with Crippen LogP contribution >= 0.6 is 0 Å². The summed E-state index contributed by atoms with van der Waals surface area (Å²) in [6.07, 6.45) is 1.61. The zero-order valence-corrected chi connectivity index (χ0v) is 15.5. The van der Waals surface area contributed by atoms with Crippen LogP contribution in [0.4, 0.5) is 14.9 Å². The summed E-state index contributed by atoms with van der Waals surface area (Å²) in [5.74, 6) is -1.32. The number of hydrogen-bond donors (Lipinski definition) is 3. The average Bonchev–Trinajstić information content (AvgIpc) is 2.62. The first-order valence-corrected chi connectivity index (χ1v) is 9.78. The largest absolute Gasteiger partial charge is 0.337 e. The van der Waals surface area contributed by atoms with Crippen LogP contribution < -0.4 is 15.4 Å². The number of urea groups is 1. The van der Waals surface area contributed by atoms with E-state index in [2.05, 4.69) is 10.6 Å². The minimum absolute atomic E-state index is 0.125. The molecule has 0 aliphatic rings.